The minimum absolute atomic E-state index is 0.356. The summed E-state index contributed by atoms with van der Waals surface area (Å²) in [5.41, 5.74) is 6.01. The van der Waals surface area contributed by atoms with E-state index in [9.17, 15) is 0 Å². The number of thioether (sulfide) groups is 1. The van der Waals surface area contributed by atoms with Crippen LogP contribution in [-0.2, 0) is 5.75 Å². The molecule has 8 heteroatoms. The van der Waals surface area contributed by atoms with Gasteiger partial charge in [-0.2, -0.15) is 5.10 Å². The molecule has 0 radical (unpaired) electrons. The van der Waals surface area contributed by atoms with Crippen molar-refractivity contribution >= 4 is 35.5 Å². The molecule has 0 bridgehead atoms. The van der Waals surface area contributed by atoms with Gasteiger partial charge in [-0.3, -0.25) is 0 Å². The molecule has 0 spiro atoms. The maximum atomic E-state index is 6.07. The van der Waals surface area contributed by atoms with Gasteiger partial charge in [-0.25, -0.2) is 10.1 Å². The van der Waals surface area contributed by atoms with Gasteiger partial charge in [0, 0.05) is 16.3 Å². The van der Waals surface area contributed by atoms with Crippen LogP contribution in [0.5, 0.6) is 0 Å². The molecule has 25 heavy (non-hydrogen) atoms. The predicted octanol–water partition coefficient (Wildman–Crippen LogP) is 3.69. The number of nitrogens with one attached hydrogen (secondary N) is 1. The zero-order chi connectivity index (χ0) is 17.6. The highest BCUT2D eigenvalue weighted by Gasteiger charge is 2.09. The van der Waals surface area contributed by atoms with Crippen LogP contribution in [0.25, 0.3) is 0 Å². The average Bonchev–Trinajstić information content (AvgIpc) is 2.96. The van der Waals surface area contributed by atoms with Gasteiger partial charge in [0.25, 0.3) is 5.95 Å². The first-order valence-corrected chi connectivity index (χ1v) is 8.92. The number of nitrogens with zero attached hydrogens (tertiary/aromatic N) is 4. The van der Waals surface area contributed by atoms with Crippen LogP contribution >= 0.6 is 23.4 Å². The molecular weight excluding hydrogens is 356 g/mol. The highest BCUT2D eigenvalue weighted by molar-refractivity contribution is 7.98. The molecule has 3 aromatic rings. The molecule has 1 aromatic heterocycles. The summed E-state index contributed by atoms with van der Waals surface area (Å²) in [6, 6.07) is 15.8. The Balaban J connectivity index is 1.61. The Hall–Kier alpha value is -2.51. The molecule has 0 aliphatic rings. The third-order valence-electron chi connectivity index (χ3n) is 3.43. The second-order valence-electron chi connectivity index (χ2n) is 5.34. The molecule has 0 atom stereocenters. The molecule has 0 saturated carbocycles. The van der Waals surface area contributed by atoms with E-state index < -0.39 is 0 Å². The maximum absolute atomic E-state index is 6.07. The molecule has 3 N–H and O–H groups in total. The summed E-state index contributed by atoms with van der Waals surface area (Å²) in [5, 5.41) is 13.4. The lowest BCUT2D eigenvalue weighted by Crippen LogP contribution is -2.13. The summed E-state index contributed by atoms with van der Waals surface area (Å²) in [4.78, 5) is 0. The number of anilines is 1. The SMILES string of the molecule is Cc1ccc(CSc2nnc(N/N=C/c3ccccc3Cl)n2N)cc1. The van der Waals surface area contributed by atoms with Gasteiger partial charge in [0.1, 0.15) is 0 Å². The van der Waals surface area contributed by atoms with E-state index in [2.05, 4.69) is 51.9 Å². The Labute approximate surface area is 155 Å². The van der Waals surface area contributed by atoms with Gasteiger partial charge in [0.15, 0.2) is 0 Å². The number of benzene rings is 2. The van der Waals surface area contributed by atoms with Crippen LogP contribution in [-0.4, -0.2) is 21.1 Å². The average molecular weight is 373 g/mol. The van der Waals surface area contributed by atoms with E-state index in [1.54, 1.807) is 12.3 Å². The van der Waals surface area contributed by atoms with Gasteiger partial charge in [-0.05, 0) is 18.6 Å². The summed E-state index contributed by atoms with van der Waals surface area (Å²) in [5.74, 6) is 7.13. The lowest BCUT2D eigenvalue weighted by molar-refractivity contribution is 0.847. The fraction of sp³-hybridized carbons (Fsp3) is 0.118. The quantitative estimate of drug-likeness (QED) is 0.298. The van der Waals surface area contributed by atoms with Gasteiger partial charge in [0.05, 0.1) is 6.21 Å². The number of aryl methyl sites for hydroxylation is 1. The van der Waals surface area contributed by atoms with Crippen molar-refractivity contribution in [2.45, 2.75) is 17.8 Å². The minimum atomic E-state index is 0.356. The Morgan fingerprint density at radius 2 is 1.96 bits per heavy atom. The largest absolute Gasteiger partial charge is 0.334 e. The second-order valence-corrected chi connectivity index (χ2v) is 6.69. The maximum Gasteiger partial charge on any atom is 0.264 e. The lowest BCUT2D eigenvalue weighted by atomic mass is 10.2. The summed E-state index contributed by atoms with van der Waals surface area (Å²) in [6.07, 6.45) is 1.61. The van der Waals surface area contributed by atoms with Crippen molar-refractivity contribution < 1.29 is 0 Å². The standard InChI is InChI=1S/C17H17ClN6S/c1-12-6-8-13(9-7-12)11-25-17-23-22-16(24(17)19)21-20-10-14-4-2-3-5-15(14)18/h2-10H,11,19H2,1H3,(H,21,22)/b20-10+. The van der Waals surface area contributed by atoms with Gasteiger partial charge < -0.3 is 5.84 Å². The van der Waals surface area contributed by atoms with E-state index in [4.69, 9.17) is 17.4 Å². The zero-order valence-corrected chi connectivity index (χ0v) is 15.1. The molecule has 1 heterocycles. The van der Waals surface area contributed by atoms with E-state index in [0.717, 1.165) is 11.3 Å². The molecule has 0 aliphatic heterocycles. The van der Waals surface area contributed by atoms with Crippen molar-refractivity contribution in [3.63, 3.8) is 0 Å². The summed E-state index contributed by atoms with van der Waals surface area (Å²) in [6.45, 7) is 2.06. The smallest absolute Gasteiger partial charge is 0.264 e. The van der Waals surface area contributed by atoms with Gasteiger partial charge in [-0.1, -0.05) is 71.4 Å². The van der Waals surface area contributed by atoms with E-state index in [1.807, 2.05) is 18.2 Å². The number of hydrazone groups is 1. The summed E-state index contributed by atoms with van der Waals surface area (Å²) < 4.78 is 1.38. The van der Waals surface area contributed by atoms with Crippen LogP contribution in [0.3, 0.4) is 0 Å². The molecular formula is C17H17ClN6S. The lowest BCUT2D eigenvalue weighted by Gasteiger charge is -2.03. The number of hydrogen-bond acceptors (Lipinski definition) is 6. The minimum Gasteiger partial charge on any atom is -0.334 e. The van der Waals surface area contributed by atoms with Crippen LogP contribution in [0, 0.1) is 6.92 Å². The number of aromatic nitrogens is 3. The summed E-state index contributed by atoms with van der Waals surface area (Å²) >= 11 is 7.58. The van der Waals surface area contributed by atoms with Crippen molar-refractivity contribution in [3.8, 4) is 0 Å². The molecule has 128 valence electrons. The molecule has 0 saturated heterocycles. The molecule has 3 rings (SSSR count). The Bertz CT molecular complexity index is 875. The third-order valence-corrected chi connectivity index (χ3v) is 4.78. The Morgan fingerprint density at radius 1 is 1.20 bits per heavy atom. The molecule has 0 amide bonds. The van der Waals surface area contributed by atoms with Crippen molar-refractivity contribution in [2.24, 2.45) is 5.10 Å². The van der Waals surface area contributed by atoms with Gasteiger partial charge in [0.2, 0.25) is 5.16 Å². The summed E-state index contributed by atoms with van der Waals surface area (Å²) in [7, 11) is 0. The van der Waals surface area contributed by atoms with E-state index in [0.29, 0.717) is 16.1 Å². The first kappa shape index (κ1) is 17.3. The number of halogens is 1. The molecule has 0 unspecified atom stereocenters. The molecule has 0 fully saturated rings. The number of rotatable bonds is 6. The first-order valence-electron chi connectivity index (χ1n) is 7.56. The number of hydrogen-bond donors (Lipinski definition) is 2. The van der Waals surface area contributed by atoms with Crippen molar-refractivity contribution in [2.75, 3.05) is 11.3 Å². The van der Waals surface area contributed by atoms with Crippen molar-refractivity contribution in [1.29, 1.82) is 0 Å². The van der Waals surface area contributed by atoms with Crippen LogP contribution in [0.1, 0.15) is 16.7 Å². The van der Waals surface area contributed by atoms with E-state index in [-0.39, 0.29) is 0 Å². The van der Waals surface area contributed by atoms with Crippen molar-refractivity contribution in [1.82, 2.24) is 14.9 Å². The van der Waals surface area contributed by atoms with E-state index >= 15 is 0 Å². The van der Waals surface area contributed by atoms with Crippen molar-refractivity contribution in [3.05, 3.63) is 70.2 Å². The second kappa shape index (κ2) is 8.04. The number of nitrogen functional groups attached to an aromatic ring is 1. The van der Waals surface area contributed by atoms with Gasteiger partial charge >= 0.3 is 0 Å². The Kier molecular flexibility index (Phi) is 5.57. The normalized spacial score (nSPS) is 11.1. The number of nitrogens with two attached hydrogens (primary N) is 1. The monoisotopic (exact) mass is 372 g/mol. The highest BCUT2D eigenvalue weighted by Crippen LogP contribution is 2.22. The Morgan fingerprint density at radius 3 is 2.72 bits per heavy atom. The topological polar surface area (TPSA) is 81.1 Å². The van der Waals surface area contributed by atoms with Gasteiger partial charge in [-0.15, -0.1) is 10.2 Å². The van der Waals surface area contributed by atoms with Crippen LogP contribution in [0.2, 0.25) is 5.02 Å². The molecule has 6 nitrogen and oxygen atoms in total. The zero-order valence-electron chi connectivity index (χ0n) is 13.6. The third kappa shape index (κ3) is 4.52. The molecule has 2 aromatic carbocycles. The van der Waals surface area contributed by atoms with Crippen LogP contribution in [0.4, 0.5) is 5.95 Å². The first-order chi connectivity index (χ1) is 12.1. The fourth-order valence-electron chi connectivity index (χ4n) is 2.02. The highest BCUT2D eigenvalue weighted by atomic mass is 35.5. The fourth-order valence-corrected chi connectivity index (χ4v) is 3.02. The molecule has 0 aliphatic carbocycles. The van der Waals surface area contributed by atoms with Crippen LogP contribution < -0.4 is 11.3 Å². The van der Waals surface area contributed by atoms with E-state index in [1.165, 1.54) is 27.6 Å². The van der Waals surface area contributed by atoms with Crippen LogP contribution in [0.15, 0.2) is 58.8 Å². The predicted molar refractivity (Wildman–Crippen MR) is 104 cm³/mol.